The van der Waals surface area contributed by atoms with Crippen molar-refractivity contribution in [2.24, 2.45) is 11.7 Å². The second-order valence-electron chi connectivity index (χ2n) is 4.82. The van der Waals surface area contributed by atoms with Crippen LogP contribution in [-0.4, -0.2) is 26.4 Å². The molecular formula is C16H22FNO2. The first-order valence-electron chi connectivity index (χ1n) is 6.82. The summed E-state index contributed by atoms with van der Waals surface area (Å²) in [6.45, 7) is 6.15. The number of nitrogens with two attached hydrogens (primary N) is 1. The highest BCUT2D eigenvalue weighted by molar-refractivity contribution is 5.40. The van der Waals surface area contributed by atoms with Gasteiger partial charge in [-0.2, -0.15) is 0 Å². The van der Waals surface area contributed by atoms with E-state index >= 15 is 0 Å². The van der Waals surface area contributed by atoms with Gasteiger partial charge in [-0.15, -0.1) is 0 Å². The van der Waals surface area contributed by atoms with Crippen molar-refractivity contribution in [1.29, 1.82) is 0 Å². The molecule has 1 aromatic carbocycles. The van der Waals surface area contributed by atoms with E-state index in [1.54, 1.807) is 6.07 Å². The number of halogens is 1. The summed E-state index contributed by atoms with van der Waals surface area (Å²) in [5, 5.41) is 0. The molecule has 2 N–H and O–H groups in total. The predicted octanol–water partition coefficient (Wildman–Crippen LogP) is 2.58. The van der Waals surface area contributed by atoms with Crippen LogP contribution in [0.1, 0.15) is 25.8 Å². The zero-order valence-electron chi connectivity index (χ0n) is 12.1. The van der Waals surface area contributed by atoms with Gasteiger partial charge in [0.15, 0.2) is 0 Å². The van der Waals surface area contributed by atoms with Crippen LogP contribution in [0.5, 0.6) is 5.75 Å². The molecule has 0 atom stereocenters. The zero-order valence-corrected chi connectivity index (χ0v) is 12.1. The van der Waals surface area contributed by atoms with E-state index in [0.29, 0.717) is 30.4 Å². The van der Waals surface area contributed by atoms with Crippen LogP contribution in [0.15, 0.2) is 18.2 Å². The molecule has 0 saturated heterocycles. The summed E-state index contributed by atoms with van der Waals surface area (Å²) < 4.78 is 24.2. The molecular weight excluding hydrogens is 257 g/mol. The van der Waals surface area contributed by atoms with Gasteiger partial charge in [-0.25, -0.2) is 4.39 Å². The van der Waals surface area contributed by atoms with E-state index in [1.165, 1.54) is 12.1 Å². The first kappa shape index (κ1) is 16.5. The van der Waals surface area contributed by atoms with E-state index in [0.717, 1.165) is 13.0 Å². The molecule has 1 aromatic rings. The molecule has 0 radical (unpaired) electrons. The Hall–Kier alpha value is -1.57. The van der Waals surface area contributed by atoms with Crippen LogP contribution >= 0.6 is 0 Å². The number of hydrogen-bond donors (Lipinski definition) is 1. The third-order valence-corrected chi connectivity index (χ3v) is 2.54. The molecule has 0 amide bonds. The third-order valence-electron chi connectivity index (χ3n) is 2.54. The molecule has 0 bridgehead atoms. The lowest BCUT2D eigenvalue weighted by molar-refractivity contribution is 0.0925. The summed E-state index contributed by atoms with van der Waals surface area (Å²) in [5.74, 6) is 6.18. The maximum Gasteiger partial charge on any atom is 0.128 e. The highest BCUT2D eigenvalue weighted by Crippen LogP contribution is 2.15. The number of rotatable bonds is 7. The van der Waals surface area contributed by atoms with E-state index in [2.05, 4.69) is 25.7 Å². The second-order valence-corrected chi connectivity index (χ2v) is 4.82. The Labute approximate surface area is 120 Å². The minimum atomic E-state index is -0.371. The van der Waals surface area contributed by atoms with Crippen molar-refractivity contribution in [2.75, 3.05) is 26.4 Å². The van der Waals surface area contributed by atoms with Gasteiger partial charge in [0.2, 0.25) is 0 Å². The predicted molar refractivity (Wildman–Crippen MR) is 78.1 cm³/mol. The smallest absolute Gasteiger partial charge is 0.128 e. The second kappa shape index (κ2) is 9.35. The van der Waals surface area contributed by atoms with Gasteiger partial charge in [-0.3, -0.25) is 0 Å². The molecule has 4 heteroatoms. The van der Waals surface area contributed by atoms with Gasteiger partial charge in [0.05, 0.1) is 13.2 Å². The van der Waals surface area contributed by atoms with Crippen LogP contribution in [0.25, 0.3) is 0 Å². The zero-order chi connectivity index (χ0) is 14.8. The molecule has 20 heavy (non-hydrogen) atoms. The van der Waals surface area contributed by atoms with E-state index in [4.69, 9.17) is 15.2 Å². The Morgan fingerprint density at radius 2 is 2.00 bits per heavy atom. The Kier molecular flexibility index (Phi) is 7.71. The van der Waals surface area contributed by atoms with Crippen LogP contribution in [0.3, 0.4) is 0 Å². The monoisotopic (exact) mass is 279 g/mol. The van der Waals surface area contributed by atoms with Crippen molar-refractivity contribution in [1.82, 2.24) is 0 Å². The van der Waals surface area contributed by atoms with Gasteiger partial charge in [-0.05, 0) is 24.5 Å². The topological polar surface area (TPSA) is 44.5 Å². The number of benzene rings is 1. The number of hydrogen-bond acceptors (Lipinski definition) is 3. The molecule has 0 saturated carbocycles. The van der Waals surface area contributed by atoms with Gasteiger partial charge < -0.3 is 15.2 Å². The molecule has 1 rings (SSSR count). The molecule has 0 heterocycles. The fraction of sp³-hybridized carbons (Fsp3) is 0.500. The lowest BCUT2D eigenvalue weighted by atomic mass is 10.1. The normalized spacial score (nSPS) is 10.2. The average molecular weight is 279 g/mol. The van der Waals surface area contributed by atoms with Gasteiger partial charge in [0.1, 0.15) is 18.2 Å². The van der Waals surface area contributed by atoms with Crippen molar-refractivity contribution in [3.05, 3.63) is 29.6 Å². The van der Waals surface area contributed by atoms with E-state index in [9.17, 15) is 4.39 Å². The van der Waals surface area contributed by atoms with E-state index in [1.807, 2.05) is 0 Å². The Morgan fingerprint density at radius 3 is 2.70 bits per heavy atom. The van der Waals surface area contributed by atoms with Gasteiger partial charge in [-0.1, -0.05) is 25.7 Å². The fourth-order valence-electron chi connectivity index (χ4n) is 1.51. The maximum absolute atomic E-state index is 13.4. The van der Waals surface area contributed by atoms with Crippen molar-refractivity contribution >= 4 is 0 Å². The molecule has 0 aliphatic carbocycles. The summed E-state index contributed by atoms with van der Waals surface area (Å²) in [6.07, 6.45) is 1.03. The summed E-state index contributed by atoms with van der Waals surface area (Å²) in [6, 6.07) is 4.39. The van der Waals surface area contributed by atoms with Gasteiger partial charge in [0, 0.05) is 18.2 Å². The van der Waals surface area contributed by atoms with Crippen LogP contribution in [0, 0.1) is 23.6 Å². The van der Waals surface area contributed by atoms with Gasteiger partial charge >= 0.3 is 0 Å². The lowest BCUT2D eigenvalue weighted by Crippen LogP contribution is -2.08. The van der Waals surface area contributed by atoms with Gasteiger partial charge in [0.25, 0.3) is 0 Å². The summed E-state index contributed by atoms with van der Waals surface area (Å²) >= 11 is 0. The molecule has 0 spiro atoms. The SMILES string of the molecule is CC(C)CCOCCOc1cc(F)cc(C#CCN)c1. The molecule has 3 nitrogen and oxygen atoms in total. The molecule has 110 valence electrons. The van der Waals surface area contributed by atoms with Crippen LogP contribution in [0.4, 0.5) is 4.39 Å². The standard InChI is InChI=1S/C16H22FNO2/c1-13(2)5-7-19-8-9-20-16-11-14(4-3-6-18)10-15(17)12-16/h10-13H,5-9,18H2,1-2H3. The summed E-state index contributed by atoms with van der Waals surface area (Å²) in [7, 11) is 0. The van der Waals surface area contributed by atoms with Crippen molar-refractivity contribution in [3.63, 3.8) is 0 Å². The first-order valence-corrected chi connectivity index (χ1v) is 6.82. The van der Waals surface area contributed by atoms with Crippen molar-refractivity contribution in [3.8, 4) is 17.6 Å². The Morgan fingerprint density at radius 1 is 1.20 bits per heavy atom. The fourth-order valence-corrected chi connectivity index (χ4v) is 1.51. The summed E-state index contributed by atoms with van der Waals surface area (Å²) in [5.41, 5.74) is 5.85. The molecule has 0 aromatic heterocycles. The average Bonchev–Trinajstić information content (AvgIpc) is 2.39. The first-order chi connectivity index (χ1) is 9.61. The largest absolute Gasteiger partial charge is 0.491 e. The third kappa shape index (κ3) is 7.13. The quantitative estimate of drug-likeness (QED) is 0.616. The van der Waals surface area contributed by atoms with Crippen molar-refractivity contribution in [2.45, 2.75) is 20.3 Å². The Bertz CT molecular complexity index is 463. The Balaban J connectivity index is 2.38. The highest BCUT2D eigenvalue weighted by atomic mass is 19.1. The van der Waals surface area contributed by atoms with Crippen LogP contribution in [-0.2, 0) is 4.74 Å². The molecule has 0 aliphatic rings. The van der Waals surface area contributed by atoms with E-state index < -0.39 is 0 Å². The lowest BCUT2D eigenvalue weighted by Gasteiger charge is -2.09. The maximum atomic E-state index is 13.4. The minimum absolute atomic E-state index is 0.246. The number of ether oxygens (including phenoxy) is 2. The van der Waals surface area contributed by atoms with Crippen LogP contribution < -0.4 is 10.5 Å². The molecule has 0 fully saturated rings. The van der Waals surface area contributed by atoms with E-state index in [-0.39, 0.29) is 12.4 Å². The highest BCUT2D eigenvalue weighted by Gasteiger charge is 2.01. The minimum Gasteiger partial charge on any atom is -0.491 e. The molecule has 0 aliphatic heterocycles. The molecule has 0 unspecified atom stereocenters. The summed E-state index contributed by atoms with van der Waals surface area (Å²) in [4.78, 5) is 0. The van der Waals surface area contributed by atoms with Crippen LogP contribution in [0.2, 0.25) is 0 Å². The van der Waals surface area contributed by atoms with Crippen molar-refractivity contribution < 1.29 is 13.9 Å².